The van der Waals surface area contributed by atoms with Crippen LogP contribution in [0.1, 0.15) is 46.5 Å². The molecular weight excluding hydrogens is 404 g/mol. The van der Waals surface area contributed by atoms with Crippen molar-refractivity contribution in [2.75, 3.05) is 58.3 Å². The number of ether oxygens (including phenoxy) is 1. The first-order chi connectivity index (χ1) is 15.6. The number of benzene rings is 1. The van der Waals surface area contributed by atoms with Crippen LogP contribution in [0.2, 0.25) is 0 Å². The third-order valence-corrected chi connectivity index (χ3v) is 6.66. The summed E-state index contributed by atoms with van der Waals surface area (Å²) in [5.41, 5.74) is 2.34. The molecule has 0 aliphatic carbocycles. The molecule has 0 N–H and O–H groups in total. The fraction of sp³-hybridized carbons (Fsp3) is 0.520. The minimum atomic E-state index is -0.0382. The first-order valence-electron chi connectivity index (χ1n) is 11.7. The van der Waals surface area contributed by atoms with Gasteiger partial charge in [0.1, 0.15) is 11.4 Å². The van der Waals surface area contributed by atoms with E-state index >= 15 is 0 Å². The topological polar surface area (TPSA) is 58.0 Å². The standard InChI is InChI=1S/C25H34N4O3/c1-26-14-11-22(30)20-10-15-29(24(20)25(26)31)13-7-3-6-12-27-16-18-28(19-17-27)21-8-4-5-9-23(21)32-2/h4-5,8-10,15H,3,6-7,11-14,16-19H2,1-2H3. The molecule has 1 fully saturated rings. The molecule has 0 saturated carbocycles. The number of fused-ring (bicyclic) bond motifs is 1. The lowest BCUT2D eigenvalue weighted by molar-refractivity contribution is 0.0787. The van der Waals surface area contributed by atoms with Crippen LogP contribution in [0.4, 0.5) is 5.69 Å². The van der Waals surface area contributed by atoms with Crippen LogP contribution in [0, 0.1) is 0 Å². The molecule has 7 nitrogen and oxygen atoms in total. The molecule has 0 bridgehead atoms. The summed E-state index contributed by atoms with van der Waals surface area (Å²) in [5, 5.41) is 0. The van der Waals surface area contributed by atoms with Crippen molar-refractivity contribution >= 4 is 17.4 Å². The maximum Gasteiger partial charge on any atom is 0.270 e. The van der Waals surface area contributed by atoms with Crippen LogP contribution in [0.5, 0.6) is 5.75 Å². The van der Waals surface area contributed by atoms with Crippen LogP contribution in [0.25, 0.3) is 0 Å². The number of Topliss-reactive ketones (excluding diaryl/α,β-unsaturated/α-hetero) is 1. The molecule has 32 heavy (non-hydrogen) atoms. The average molecular weight is 439 g/mol. The zero-order valence-corrected chi connectivity index (χ0v) is 19.3. The lowest BCUT2D eigenvalue weighted by atomic mass is 10.1. The molecule has 1 aromatic carbocycles. The molecule has 2 aliphatic rings. The highest BCUT2D eigenvalue weighted by molar-refractivity contribution is 6.08. The van der Waals surface area contributed by atoms with E-state index in [1.54, 1.807) is 19.1 Å². The molecule has 2 aliphatic heterocycles. The van der Waals surface area contributed by atoms with Gasteiger partial charge in [0.2, 0.25) is 0 Å². The maximum absolute atomic E-state index is 12.7. The van der Waals surface area contributed by atoms with Crippen LogP contribution < -0.4 is 9.64 Å². The highest BCUT2D eigenvalue weighted by atomic mass is 16.5. The summed E-state index contributed by atoms with van der Waals surface area (Å²) in [7, 11) is 3.50. The average Bonchev–Trinajstić information content (AvgIpc) is 3.21. The zero-order chi connectivity index (χ0) is 22.5. The van der Waals surface area contributed by atoms with Gasteiger partial charge in [-0.3, -0.25) is 14.5 Å². The second kappa shape index (κ2) is 10.2. The molecule has 0 unspecified atom stereocenters. The summed E-state index contributed by atoms with van der Waals surface area (Å²) in [6.45, 7) is 6.53. The van der Waals surface area contributed by atoms with Gasteiger partial charge in [0.05, 0.1) is 12.8 Å². The SMILES string of the molecule is COc1ccccc1N1CCN(CCCCCn2ccc3c2C(=O)N(C)CCC3=O)CC1. The summed E-state index contributed by atoms with van der Waals surface area (Å²) in [5.74, 6) is 0.975. The number of nitrogens with zero attached hydrogens (tertiary/aromatic N) is 4. The van der Waals surface area contributed by atoms with E-state index in [-0.39, 0.29) is 11.7 Å². The quantitative estimate of drug-likeness (QED) is 0.593. The monoisotopic (exact) mass is 438 g/mol. The summed E-state index contributed by atoms with van der Waals surface area (Å²) < 4.78 is 7.48. The van der Waals surface area contributed by atoms with Crippen molar-refractivity contribution in [3.8, 4) is 5.75 Å². The Balaban J connectivity index is 1.21. The normalized spacial score (nSPS) is 17.4. The van der Waals surface area contributed by atoms with Crippen molar-refractivity contribution in [1.29, 1.82) is 0 Å². The Morgan fingerprint density at radius 3 is 2.44 bits per heavy atom. The van der Waals surface area contributed by atoms with Gasteiger partial charge in [-0.15, -0.1) is 0 Å². The van der Waals surface area contributed by atoms with Crippen molar-refractivity contribution in [3.05, 3.63) is 47.8 Å². The van der Waals surface area contributed by atoms with Crippen LogP contribution in [0.3, 0.4) is 0 Å². The van der Waals surface area contributed by atoms with E-state index in [0.29, 0.717) is 24.2 Å². The molecule has 3 heterocycles. The first kappa shape index (κ1) is 22.4. The molecule has 172 valence electrons. The number of piperazine rings is 1. The smallest absolute Gasteiger partial charge is 0.270 e. The van der Waals surface area contributed by atoms with Gasteiger partial charge in [0.15, 0.2) is 5.78 Å². The molecule has 7 heteroatoms. The summed E-state index contributed by atoms with van der Waals surface area (Å²) in [4.78, 5) is 31.6. The summed E-state index contributed by atoms with van der Waals surface area (Å²) in [6.07, 6.45) is 5.57. The lowest BCUT2D eigenvalue weighted by Crippen LogP contribution is -2.46. The summed E-state index contributed by atoms with van der Waals surface area (Å²) in [6, 6.07) is 10.0. The van der Waals surface area contributed by atoms with Crippen molar-refractivity contribution in [1.82, 2.24) is 14.4 Å². The Labute approximate surface area is 190 Å². The third-order valence-electron chi connectivity index (χ3n) is 6.66. The molecule has 1 aromatic heterocycles. The number of carbonyl (C=O) groups excluding carboxylic acids is 2. The van der Waals surface area contributed by atoms with Crippen LogP contribution in [-0.2, 0) is 6.54 Å². The molecule has 1 amide bonds. The number of carbonyl (C=O) groups is 2. The summed E-state index contributed by atoms with van der Waals surface area (Å²) >= 11 is 0. The molecule has 0 atom stereocenters. The molecule has 0 radical (unpaired) electrons. The van der Waals surface area contributed by atoms with E-state index < -0.39 is 0 Å². The number of aromatic nitrogens is 1. The van der Waals surface area contributed by atoms with Gasteiger partial charge in [0, 0.05) is 64.5 Å². The van der Waals surface area contributed by atoms with Gasteiger partial charge in [-0.25, -0.2) is 0 Å². The van der Waals surface area contributed by atoms with Gasteiger partial charge in [-0.1, -0.05) is 18.6 Å². The van der Waals surface area contributed by atoms with Crippen LogP contribution in [0.15, 0.2) is 36.5 Å². The Morgan fingerprint density at radius 1 is 0.906 bits per heavy atom. The number of methoxy groups -OCH3 is 1. The molecule has 2 aromatic rings. The number of para-hydroxylation sites is 2. The van der Waals surface area contributed by atoms with Crippen LogP contribution in [-0.4, -0.2) is 79.5 Å². The number of hydrogen-bond acceptors (Lipinski definition) is 5. The van der Waals surface area contributed by atoms with Gasteiger partial charge in [-0.2, -0.15) is 0 Å². The highest BCUT2D eigenvalue weighted by Crippen LogP contribution is 2.28. The van der Waals surface area contributed by atoms with Crippen molar-refractivity contribution in [2.45, 2.75) is 32.2 Å². The lowest BCUT2D eigenvalue weighted by Gasteiger charge is -2.36. The van der Waals surface area contributed by atoms with Crippen molar-refractivity contribution in [2.24, 2.45) is 0 Å². The maximum atomic E-state index is 12.7. The van der Waals surface area contributed by atoms with Crippen molar-refractivity contribution < 1.29 is 14.3 Å². The van der Waals surface area contributed by atoms with Gasteiger partial charge in [0.25, 0.3) is 5.91 Å². The number of anilines is 1. The fourth-order valence-corrected chi connectivity index (χ4v) is 4.71. The van der Waals surface area contributed by atoms with Gasteiger partial charge >= 0.3 is 0 Å². The number of unbranched alkanes of at least 4 members (excludes halogenated alkanes) is 2. The molecular formula is C25H34N4O3. The van der Waals surface area contributed by atoms with Crippen LogP contribution >= 0.6 is 0 Å². The Kier molecular flexibility index (Phi) is 7.15. The number of rotatable bonds is 8. The fourth-order valence-electron chi connectivity index (χ4n) is 4.71. The number of aryl methyl sites for hydroxylation is 1. The van der Waals surface area contributed by atoms with Gasteiger partial charge in [-0.05, 0) is 37.6 Å². The minimum Gasteiger partial charge on any atom is -0.495 e. The Morgan fingerprint density at radius 2 is 1.66 bits per heavy atom. The van der Waals surface area contributed by atoms with E-state index in [0.717, 1.165) is 64.3 Å². The minimum absolute atomic E-state index is 0.0382. The third kappa shape index (κ3) is 4.83. The number of ketones is 1. The van der Waals surface area contributed by atoms with Gasteiger partial charge < -0.3 is 19.1 Å². The highest BCUT2D eigenvalue weighted by Gasteiger charge is 2.28. The van der Waals surface area contributed by atoms with E-state index in [4.69, 9.17) is 4.74 Å². The largest absolute Gasteiger partial charge is 0.495 e. The van der Waals surface area contributed by atoms with E-state index in [1.165, 1.54) is 5.69 Å². The molecule has 4 rings (SSSR count). The molecule has 1 saturated heterocycles. The zero-order valence-electron chi connectivity index (χ0n) is 19.3. The van der Waals surface area contributed by atoms with E-state index in [9.17, 15) is 9.59 Å². The number of hydrogen-bond donors (Lipinski definition) is 0. The predicted octanol–water partition coefficient (Wildman–Crippen LogP) is 3.15. The predicted molar refractivity (Wildman–Crippen MR) is 126 cm³/mol. The van der Waals surface area contributed by atoms with E-state index in [1.807, 2.05) is 29.0 Å². The second-order valence-electron chi connectivity index (χ2n) is 8.73. The second-order valence-corrected chi connectivity index (χ2v) is 8.73. The Bertz CT molecular complexity index is 946. The number of amides is 1. The molecule has 0 spiro atoms. The Hall–Kier alpha value is -2.80. The first-order valence-corrected chi connectivity index (χ1v) is 11.7. The van der Waals surface area contributed by atoms with Crippen molar-refractivity contribution in [3.63, 3.8) is 0 Å². The van der Waals surface area contributed by atoms with E-state index in [2.05, 4.69) is 21.9 Å².